The van der Waals surface area contributed by atoms with Crippen LogP contribution >= 0.6 is 0 Å². The van der Waals surface area contributed by atoms with E-state index in [2.05, 4.69) is 5.32 Å². The van der Waals surface area contributed by atoms with Gasteiger partial charge in [0.1, 0.15) is 17.2 Å². The largest absolute Gasteiger partial charge is 0.497 e. The van der Waals surface area contributed by atoms with Gasteiger partial charge in [-0.3, -0.25) is 4.79 Å². The number of aliphatic hydroxyl groups is 1. The second-order valence-corrected chi connectivity index (χ2v) is 6.29. The van der Waals surface area contributed by atoms with E-state index >= 15 is 0 Å². The van der Waals surface area contributed by atoms with Crippen LogP contribution in [0.25, 0.3) is 0 Å². The smallest absolute Gasteiger partial charge is 0.375 e. The lowest BCUT2D eigenvalue weighted by Gasteiger charge is -2.39. The number of carbonyl (C=O) groups is 1. The molecule has 0 radical (unpaired) electrons. The summed E-state index contributed by atoms with van der Waals surface area (Å²) in [6.07, 6.45) is -3.60. The Kier molecular flexibility index (Phi) is 5.62. The topological polar surface area (TPSA) is 77.0 Å². The molecule has 0 saturated carbocycles. The summed E-state index contributed by atoms with van der Waals surface area (Å²) in [7, 11) is 2.72. The number of anilines is 1. The molecule has 1 heterocycles. The second kappa shape index (κ2) is 7.86. The summed E-state index contributed by atoms with van der Waals surface area (Å²) in [5.41, 5.74) is -0.964. The number of hydrogen-bond acceptors (Lipinski definition) is 6. The number of alkyl halides is 4. The van der Waals surface area contributed by atoms with Crippen molar-refractivity contribution < 1.29 is 41.7 Å². The molecule has 10 heteroatoms. The summed E-state index contributed by atoms with van der Waals surface area (Å²) in [6.45, 7) is 0. The van der Waals surface area contributed by atoms with Crippen molar-refractivity contribution in [2.24, 2.45) is 0 Å². The van der Waals surface area contributed by atoms with Crippen molar-refractivity contribution in [2.75, 3.05) is 19.5 Å². The van der Waals surface area contributed by atoms with Crippen molar-refractivity contribution in [3.05, 3.63) is 59.8 Å². The summed E-state index contributed by atoms with van der Waals surface area (Å²) in [4.78, 5) is 12.8. The highest BCUT2D eigenvalue weighted by Gasteiger charge is 2.67. The lowest BCUT2D eigenvalue weighted by molar-refractivity contribution is -0.297. The molecule has 1 aliphatic heterocycles. The highest BCUT2D eigenvalue weighted by Crippen LogP contribution is 2.47. The molecule has 0 fully saturated rings. The number of ketones is 1. The van der Waals surface area contributed by atoms with Gasteiger partial charge in [0.05, 0.1) is 25.4 Å². The van der Waals surface area contributed by atoms with Gasteiger partial charge in [-0.05, 0) is 36.4 Å². The molecule has 160 valence electrons. The lowest BCUT2D eigenvalue weighted by atomic mass is 9.89. The van der Waals surface area contributed by atoms with E-state index in [4.69, 9.17) is 14.2 Å². The standard InChI is InChI=1S/C20H17F4NO5/c1-28-12-5-3-11(4-6-12)25-10-15-17(26)14-8-7-13(29-2)9-16(14)30-20(15,27)19(23,24)18(21)22/h3-10,18,25,27H,1-2H3. The van der Waals surface area contributed by atoms with Crippen molar-refractivity contribution in [2.45, 2.75) is 18.1 Å². The fourth-order valence-electron chi connectivity index (χ4n) is 2.82. The number of Topliss-reactive ketones (excluding diaryl/α,β-unsaturated/α-hetero) is 1. The normalized spacial score (nSPS) is 20.0. The molecule has 6 nitrogen and oxygen atoms in total. The Balaban J connectivity index is 2.09. The number of carbonyl (C=O) groups excluding carboxylic acids is 1. The van der Waals surface area contributed by atoms with E-state index in [0.29, 0.717) is 17.6 Å². The molecule has 0 saturated heterocycles. The van der Waals surface area contributed by atoms with E-state index in [1.54, 1.807) is 12.1 Å². The van der Waals surface area contributed by atoms with Gasteiger partial charge in [-0.15, -0.1) is 0 Å². The SMILES string of the molecule is COc1ccc(NC=C2C(=O)c3ccc(OC)cc3OC2(O)C(F)(F)C(F)F)cc1. The van der Waals surface area contributed by atoms with Crippen molar-refractivity contribution in [3.8, 4) is 17.2 Å². The van der Waals surface area contributed by atoms with E-state index in [1.807, 2.05) is 0 Å². The molecule has 0 aliphatic carbocycles. The van der Waals surface area contributed by atoms with Crippen LogP contribution in [0.3, 0.4) is 0 Å². The first kappa shape index (κ1) is 21.4. The number of halogens is 4. The van der Waals surface area contributed by atoms with E-state index in [0.717, 1.165) is 6.07 Å². The molecule has 1 aliphatic rings. The van der Waals surface area contributed by atoms with E-state index in [-0.39, 0.29) is 11.3 Å². The molecule has 1 unspecified atom stereocenters. The Morgan fingerprint density at radius 2 is 1.70 bits per heavy atom. The predicted molar refractivity (Wildman–Crippen MR) is 98.6 cm³/mol. The van der Waals surface area contributed by atoms with Gasteiger partial charge in [0.15, 0.2) is 0 Å². The van der Waals surface area contributed by atoms with Crippen molar-refractivity contribution in [3.63, 3.8) is 0 Å². The summed E-state index contributed by atoms with van der Waals surface area (Å²) in [5, 5.41) is 13.1. The van der Waals surface area contributed by atoms with Crippen LogP contribution < -0.4 is 19.5 Å². The molecule has 1 atom stereocenters. The summed E-state index contributed by atoms with van der Waals surface area (Å²) < 4.78 is 69.7. The van der Waals surface area contributed by atoms with Gasteiger partial charge < -0.3 is 24.6 Å². The van der Waals surface area contributed by atoms with Gasteiger partial charge in [-0.25, -0.2) is 8.78 Å². The zero-order chi connectivity index (χ0) is 22.1. The Bertz CT molecular complexity index is 978. The molecular weight excluding hydrogens is 410 g/mol. The van der Waals surface area contributed by atoms with Gasteiger partial charge in [0.25, 0.3) is 0 Å². The van der Waals surface area contributed by atoms with Gasteiger partial charge in [0, 0.05) is 18.0 Å². The maximum atomic E-state index is 14.3. The minimum absolute atomic E-state index is 0.119. The van der Waals surface area contributed by atoms with Crippen LogP contribution in [0.1, 0.15) is 10.4 Å². The van der Waals surface area contributed by atoms with Gasteiger partial charge in [-0.1, -0.05) is 0 Å². The van der Waals surface area contributed by atoms with Crippen LogP contribution in [0.4, 0.5) is 23.2 Å². The first-order valence-corrected chi connectivity index (χ1v) is 8.55. The number of benzene rings is 2. The number of rotatable bonds is 6. The van der Waals surface area contributed by atoms with Crippen LogP contribution in [0.15, 0.2) is 54.2 Å². The van der Waals surface area contributed by atoms with Crippen LogP contribution in [0.5, 0.6) is 17.2 Å². The van der Waals surface area contributed by atoms with Gasteiger partial charge in [0.2, 0.25) is 5.78 Å². The molecule has 2 aromatic carbocycles. The highest BCUT2D eigenvalue weighted by molar-refractivity contribution is 6.13. The van der Waals surface area contributed by atoms with E-state index in [1.165, 1.54) is 38.5 Å². The van der Waals surface area contributed by atoms with Crippen LogP contribution in [-0.2, 0) is 0 Å². The molecule has 0 spiro atoms. The number of ether oxygens (including phenoxy) is 3. The van der Waals surface area contributed by atoms with Gasteiger partial charge >= 0.3 is 18.1 Å². The maximum absolute atomic E-state index is 14.3. The minimum atomic E-state index is -5.10. The third kappa shape index (κ3) is 3.54. The minimum Gasteiger partial charge on any atom is -0.497 e. The highest BCUT2D eigenvalue weighted by atomic mass is 19.3. The number of fused-ring (bicyclic) bond motifs is 1. The van der Waals surface area contributed by atoms with Crippen molar-refractivity contribution in [1.29, 1.82) is 0 Å². The van der Waals surface area contributed by atoms with Crippen LogP contribution in [0, 0.1) is 0 Å². The third-order valence-electron chi connectivity index (χ3n) is 4.50. The third-order valence-corrected chi connectivity index (χ3v) is 4.50. The Morgan fingerprint density at radius 3 is 2.27 bits per heavy atom. The van der Waals surface area contributed by atoms with Crippen molar-refractivity contribution in [1.82, 2.24) is 0 Å². The summed E-state index contributed by atoms with van der Waals surface area (Å²) in [5.74, 6) is -10.0. The Morgan fingerprint density at radius 1 is 1.10 bits per heavy atom. The average molecular weight is 427 g/mol. The molecule has 30 heavy (non-hydrogen) atoms. The zero-order valence-electron chi connectivity index (χ0n) is 15.8. The Hall–Kier alpha value is -3.27. The maximum Gasteiger partial charge on any atom is 0.375 e. The second-order valence-electron chi connectivity index (χ2n) is 6.29. The fraction of sp³-hybridized carbons (Fsp3) is 0.250. The summed E-state index contributed by atoms with van der Waals surface area (Å²) >= 11 is 0. The Labute approximate surface area is 168 Å². The number of hydrogen-bond donors (Lipinski definition) is 2. The van der Waals surface area contributed by atoms with Crippen LogP contribution in [-0.4, -0.2) is 43.2 Å². The summed E-state index contributed by atoms with van der Waals surface area (Å²) in [6, 6.07) is 9.71. The predicted octanol–water partition coefficient (Wildman–Crippen LogP) is 3.86. The molecule has 2 aromatic rings. The molecule has 0 amide bonds. The lowest BCUT2D eigenvalue weighted by Crippen LogP contribution is -2.61. The van der Waals surface area contributed by atoms with E-state index < -0.39 is 35.2 Å². The monoisotopic (exact) mass is 427 g/mol. The number of methoxy groups -OCH3 is 2. The molecule has 0 bridgehead atoms. The quantitative estimate of drug-likeness (QED) is 0.539. The molecule has 0 aromatic heterocycles. The molecule has 3 rings (SSSR count). The number of nitrogens with one attached hydrogen (secondary N) is 1. The molecular formula is C20H17F4NO5. The first-order valence-electron chi connectivity index (χ1n) is 8.55. The zero-order valence-corrected chi connectivity index (χ0v) is 15.8. The van der Waals surface area contributed by atoms with Crippen molar-refractivity contribution >= 4 is 11.5 Å². The van der Waals surface area contributed by atoms with Gasteiger partial charge in [-0.2, -0.15) is 8.78 Å². The fourth-order valence-corrected chi connectivity index (χ4v) is 2.82. The molecule has 2 N–H and O–H groups in total. The average Bonchev–Trinajstić information content (AvgIpc) is 2.73. The van der Waals surface area contributed by atoms with Crippen LogP contribution in [0.2, 0.25) is 0 Å². The first-order chi connectivity index (χ1) is 14.1. The van der Waals surface area contributed by atoms with E-state index in [9.17, 15) is 27.5 Å².